The first-order valence-corrected chi connectivity index (χ1v) is 9.28. The van der Waals surface area contributed by atoms with Gasteiger partial charge >= 0.3 is 0 Å². The molecule has 2 heterocycles. The molecule has 6 nitrogen and oxygen atoms in total. The summed E-state index contributed by atoms with van der Waals surface area (Å²) in [7, 11) is 1.61. The third-order valence-electron chi connectivity index (χ3n) is 3.76. The fraction of sp³-hybridized carbons (Fsp3) is 0.222. The average Bonchev–Trinajstić information content (AvgIpc) is 3.15. The lowest BCUT2D eigenvalue weighted by atomic mass is 10.2. The van der Waals surface area contributed by atoms with Crippen LogP contribution in [0.15, 0.2) is 46.0 Å². The molecule has 0 saturated heterocycles. The molecule has 1 aliphatic heterocycles. The zero-order valence-electron chi connectivity index (χ0n) is 13.9. The molecule has 0 atom stereocenters. The average molecular weight is 391 g/mol. The van der Waals surface area contributed by atoms with Gasteiger partial charge in [0, 0.05) is 5.75 Å². The molecule has 0 saturated carbocycles. The van der Waals surface area contributed by atoms with Crippen LogP contribution in [0.2, 0.25) is 5.02 Å². The van der Waals surface area contributed by atoms with Gasteiger partial charge in [0.1, 0.15) is 19.0 Å². The first-order chi connectivity index (χ1) is 12.7. The quantitative estimate of drug-likeness (QED) is 0.595. The van der Waals surface area contributed by atoms with Crippen LogP contribution in [-0.4, -0.2) is 30.5 Å². The Labute approximate surface area is 159 Å². The zero-order valence-corrected chi connectivity index (χ0v) is 15.5. The van der Waals surface area contributed by atoms with Crippen LogP contribution in [0.5, 0.6) is 17.2 Å². The highest BCUT2D eigenvalue weighted by Gasteiger charge is 2.18. The van der Waals surface area contributed by atoms with E-state index in [1.807, 2.05) is 36.4 Å². The Hall–Kier alpha value is -2.38. The summed E-state index contributed by atoms with van der Waals surface area (Å²) >= 11 is 7.69. The second-order valence-electron chi connectivity index (χ2n) is 5.46. The van der Waals surface area contributed by atoms with Gasteiger partial charge in [-0.2, -0.15) is 0 Å². The number of hydrogen-bond donors (Lipinski definition) is 0. The minimum atomic E-state index is 0.421. The number of hydrogen-bond acceptors (Lipinski definition) is 7. The van der Waals surface area contributed by atoms with Crippen LogP contribution in [0.4, 0.5) is 0 Å². The molecule has 4 rings (SSSR count). The number of thioether (sulfide) groups is 1. The van der Waals surface area contributed by atoms with Crippen molar-refractivity contribution in [2.75, 3.05) is 20.3 Å². The molecule has 26 heavy (non-hydrogen) atoms. The lowest BCUT2D eigenvalue weighted by molar-refractivity contribution is 0.171. The van der Waals surface area contributed by atoms with Gasteiger partial charge < -0.3 is 18.6 Å². The highest BCUT2D eigenvalue weighted by molar-refractivity contribution is 7.98. The molecule has 0 fully saturated rings. The van der Waals surface area contributed by atoms with E-state index in [1.54, 1.807) is 7.11 Å². The molecule has 1 aromatic heterocycles. The van der Waals surface area contributed by atoms with E-state index in [1.165, 1.54) is 11.8 Å². The number of rotatable bonds is 5. The third kappa shape index (κ3) is 3.45. The van der Waals surface area contributed by atoms with Crippen molar-refractivity contribution in [2.45, 2.75) is 11.0 Å². The Morgan fingerprint density at radius 2 is 2.00 bits per heavy atom. The Balaban J connectivity index is 1.49. The van der Waals surface area contributed by atoms with Crippen molar-refractivity contribution in [3.8, 4) is 28.7 Å². The van der Waals surface area contributed by atoms with Gasteiger partial charge in [-0.05, 0) is 29.8 Å². The molecule has 134 valence electrons. The van der Waals surface area contributed by atoms with Crippen molar-refractivity contribution < 1.29 is 18.6 Å². The van der Waals surface area contributed by atoms with Crippen LogP contribution in [0.25, 0.3) is 11.5 Å². The Morgan fingerprint density at radius 3 is 2.88 bits per heavy atom. The zero-order chi connectivity index (χ0) is 17.9. The number of para-hydroxylation sites is 1. The number of aromatic nitrogens is 2. The predicted octanol–water partition coefficient (Wildman–Crippen LogP) is 4.46. The highest BCUT2D eigenvalue weighted by Crippen LogP contribution is 2.39. The van der Waals surface area contributed by atoms with E-state index < -0.39 is 0 Å². The SMILES string of the molecule is COc1ccccc1-c1nnc(SCc2cc(Cl)c3c(c2)OCCO3)o1. The summed E-state index contributed by atoms with van der Waals surface area (Å²) in [5.41, 5.74) is 1.75. The molecule has 1 aliphatic rings. The van der Waals surface area contributed by atoms with E-state index in [0.717, 1.165) is 11.1 Å². The van der Waals surface area contributed by atoms with E-state index in [-0.39, 0.29) is 0 Å². The lowest BCUT2D eigenvalue weighted by Gasteiger charge is -2.20. The Bertz CT molecular complexity index is 931. The van der Waals surface area contributed by atoms with E-state index in [4.69, 9.17) is 30.2 Å². The molecule has 3 aromatic rings. The van der Waals surface area contributed by atoms with Crippen LogP contribution in [0, 0.1) is 0 Å². The number of fused-ring (bicyclic) bond motifs is 1. The topological polar surface area (TPSA) is 66.6 Å². The monoisotopic (exact) mass is 390 g/mol. The van der Waals surface area contributed by atoms with Crippen molar-refractivity contribution in [3.63, 3.8) is 0 Å². The summed E-state index contributed by atoms with van der Waals surface area (Å²) in [6, 6.07) is 11.3. The Kier molecular flexibility index (Phi) is 4.90. The van der Waals surface area contributed by atoms with E-state index >= 15 is 0 Å². The van der Waals surface area contributed by atoms with Crippen LogP contribution < -0.4 is 14.2 Å². The lowest BCUT2D eigenvalue weighted by Crippen LogP contribution is -2.15. The maximum atomic E-state index is 6.27. The number of ether oxygens (including phenoxy) is 3. The van der Waals surface area contributed by atoms with Gasteiger partial charge in [0.2, 0.25) is 0 Å². The predicted molar refractivity (Wildman–Crippen MR) is 98.3 cm³/mol. The summed E-state index contributed by atoms with van der Waals surface area (Å²) in [5, 5.41) is 9.21. The van der Waals surface area contributed by atoms with E-state index in [0.29, 0.717) is 52.4 Å². The largest absolute Gasteiger partial charge is 0.496 e. The standard InChI is InChI=1S/C18H15ClN2O4S/c1-22-14-5-3-2-4-12(14)17-20-21-18(25-17)26-10-11-8-13(19)16-15(9-11)23-6-7-24-16/h2-5,8-9H,6-7,10H2,1H3. The smallest absolute Gasteiger partial charge is 0.277 e. The van der Waals surface area contributed by atoms with E-state index in [2.05, 4.69) is 10.2 Å². The normalized spacial score (nSPS) is 12.8. The number of nitrogens with zero attached hydrogens (tertiary/aromatic N) is 2. The molecule has 0 radical (unpaired) electrons. The molecule has 0 N–H and O–H groups in total. The van der Waals surface area contributed by atoms with E-state index in [9.17, 15) is 0 Å². The molecule has 0 spiro atoms. The molecule has 0 aliphatic carbocycles. The second kappa shape index (κ2) is 7.47. The fourth-order valence-electron chi connectivity index (χ4n) is 2.59. The summed E-state index contributed by atoms with van der Waals surface area (Å²) in [6.07, 6.45) is 0. The molecule has 0 bridgehead atoms. The van der Waals surface area contributed by atoms with Gasteiger partial charge in [-0.3, -0.25) is 0 Å². The summed E-state index contributed by atoms with van der Waals surface area (Å²) < 4.78 is 22.2. The van der Waals surface area contributed by atoms with Crippen LogP contribution in [0.1, 0.15) is 5.56 Å². The molecule has 2 aromatic carbocycles. The van der Waals surface area contributed by atoms with Crippen molar-refractivity contribution in [1.82, 2.24) is 10.2 Å². The van der Waals surface area contributed by atoms with Crippen molar-refractivity contribution in [3.05, 3.63) is 47.0 Å². The number of halogens is 1. The number of methoxy groups -OCH3 is 1. The van der Waals surface area contributed by atoms with Gasteiger partial charge in [-0.25, -0.2) is 0 Å². The number of benzene rings is 2. The first-order valence-electron chi connectivity index (χ1n) is 7.92. The third-order valence-corrected chi connectivity index (χ3v) is 4.93. The Morgan fingerprint density at radius 1 is 1.15 bits per heavy atom. The highest BCUT2D eigenvalue weighted by atomic mass is 35.5. The molecular weight excluding hydrogens is 376 g/mol. The maximum Gasteiger partial charge on any atom is 0.277 e. The minimum absolute atomic E-state index is 0.421. The molecule has 0 amide bonds. The molecule has 0 unspecified atom stereocenters. The van der Waals surface area contributed by atoms with Gasteiger partial charge in [0.25, 0.3) is 11.1 Å². The van der Waals surface area contributed by atoms with Gasteiger partial charge in [-0.1, -0.05) is 35.5 Å². The van der Waals surface area contributed by atoms with Crippen molar-refractivity contribution >= 4 is 23.4 Å². The summed E-state index contributed by atoms with van der Waals surface area (Å²) in [6.45, 7) is 1.03. The van der Waals surface area contributed by atoms with Crippen molar-refractivity contribution in [1.29, 1.82) is 0 Å². The van der Waals surface area contributed by atoms with Crippen LogP contribution >= 0.6 is 23.4 Å². The fourth-order valence-corrected chi connectivity index (χ4v) is 3.57. The molecule has 8 heteroatoms. The summed E-state index contributed by atoms with van der Waals surface area (Å²) in [4.78, 5) is 0. The minimum Gasteiger partial charge on any atom is -0.496 e. The second-order valence-corrected chi connectivity index (χ2v) is 6.80. The van der Waals surface area contributed by atoms with Crippen LogP contribution in [0.3, 0.4) is 0 Å². The molecular formula is C18H15ClN2O4S. The van der Waals surface area contributed by atoms with Gasteiger partial charge in [0.15, 0.2) is 11.5 Å². The summed E-state index contributed by atoms with van der Waals surface area (Å²) in [5.74, 6) is 2.99. The van der Waals surface area contributed by atoms with Gasteiger partial charge in [0.05, 0.1) is 17.7 Å². The maximum absolute atomic E-state index is 6.27. The van der Waals surface area contributed by atoms with Crippen LogP contribution in [-0.2, 0) is 5.75 Å². The first kappa shape index (κ1) is 17.1. The van der Waals surface area contributed by atoms with Crippen molar-refractivity contribution in [2.24, 2.45) is 0 Å². The van der Waals surface area contributed by atoms with Gasteiger partial charge in [-0.15, -0.1) is 10.2 Å².